The van der Waals surface area contributed by atoms with E-state index in [1.165, 1.54) is 0 Å². The van der Waals surface area contributed by atoms with Crippen molar-refractivity contribution in [3.8, 4) is 5.75 Å². The van der Waals surface area contributed by atoms with Crippen LogP contribution in [-0.2, 0) is 0 Å². The van der Waals surface area contributed by atoms with Gasteiger partial charge >= 0.3 is 0 Å². The molecule has 1 N–H and O–H groups in total. The van der Waals surface area contributed by atoms with Crippen LogP contribution in [0, 0.1) is 11.8 Å². The van der Waals surface area contributed by atoms with Crippen molar-refractivity contribution in [3.63, 3.8) is 0 Å². The second-order valence-corrected chi connectivity index (χ2v) is 5.71. The van der Waals surface area contributed by atoms with Gasteiger partial charge in [0, 0.05) is 19.0 Å². The molecule has 1 saturated carbocycles. The molecular formula is C16H21NO3. The fourth-order valence-electron chi connectivity index (χ4n) is 3.50. The van der Waals surface area contributed by atoms with Gasteiger partial charge in [-0.2, -0.15) is 0 Å². The second-order valence-electron chi connectivity index (χ2n) is 5.71. The lowest BCUT2D eigenvalue weighted by atomic mass is 10.00. The number of benzene rings is 1. The van der Waals surface area contributed by atoms with Crippen molar-refractivity contribution in [2.24, 2.45) is 11.8 Å². The number of para-hydroxylation sites is 1. The molecule has 1 heterocycles. The van der Waals surface area contributed by atoms with Gasteiger partial charge in [-0.15, -0.1) is 0 Å². The molecule has 1 aliphatic carbocycles. The molecule has 2 aliphatic rings. The van der Waals surface area contributed by atoms with Crippen molar-refractivity contribution in [2.45, 2.75) is 25.9 Å². The van der Waals surface area contributed by atoms with Gasteiger partial charge in [-0.25, -0.2) is 0 Å². The smallest absolute Gasteiger partial charge is 0.257 e. The molecule has 3 atom stereocenters. The molecule has 0 radical (unpaired) electrons. The van der Waals surface area contributed by atoms with Crippen LogP contribution in [0.4, 0.5) is 0 Å². The summed E-state index contributed by atoms with van der Waals surface area (Å²) in [5.41, 5.74) is 0.629. The molecule has 1 aromatic carbocycles. The molecule has 108 valence electrons. The molecule has 3 rings (SSSR count). The van der Waals surface area contributed by atoms with E-state index in [9.17, 15) is 9.90 Å². The number of fused-ring (bicyclic) bond motifs is 1. The number of ether oxygens (including phenoxy) is 1. The van der Waals surface area contributed by atoms with Crippen molar-refractivity contribution in [1.29, 1.82) is 0 Å². The molecule has 1 amide bonds. The monoisotopic (exact) mass is 275 g/mol. The summed E-state index contributed by atoms with van der Waals surface area (Å²) >= 11 is 0. The lowest BCUT2D eigenvalue weighted by molar-refractivity contribution is 0.0748. The van der Waals surface area contributed by atoms with Crippen LogP contribution in [0.1, 0.15) is 30.1 Å². The molecule has 0 spiro atoms. The summed E-state index contributed by atoms with van der Waals surface area (Å²) in [7, 11) is 0. The third kappa shape index (κ3) is 2.29. The normalized spacial score (nSPS) is 28.5. The van der Waals surface area contributed by atoms with Gasteiger partial charge < -0.3 is 14.7 Å². The van der Waals surface area contributed by atoms with Gasteiger partial charge in [0.05, 0.1) is 18.3 Å². The van der Waals surface area contributed by atoms with Crippen molar-refractivity contribution in [2.75, 3.05) is 19.7 Å². The molecule has 1 aliphatic heterocycles. The molecule has 2 fully saturated rings. The van der Waals surface area contributed by atoms with E-state index in [2.05, 4.69) is 0 Å². The zero-order valence-corrected chi connectivity index (χ0v) is 11.8. The number of likely N-dealkylation sites (tertiary alicyclic amines) is 1. The van der Waals surface area contributed by atoms with Crippen LogP contribution in [0.2, 0.25) is 0 Å². The minimum Gasteiger partial charge on any atom is -0.493 e. The SMILES string of the molecule is CCOc1ccccc1C(=O)N1CC2CCC(O)C2C1. The van der Waals surface area contributed by atoms with Crippen LogP contribution >= 0.6 is 0 Å². The Morgan fingerprint density at radius 2 is 2.15 bits per heavy atom. The van der Waals surface area contributed by atoms with Crippen molar-refractivity contribution < 1.29 is 14.6 Å². The van der Waals surface area contributed by atoms with Gasteiger partial charge in [0.2, 0.25) is 0 Å². The Hall–Kier alpha value is -1.55. The average molecular weight is 275 g/mol. The average Bonchev–Trinajstić information content (AvgIpc) is 3.02. The number of aliphatic hydroxyl groups is 1. The van der Waals surface area contributed by atoms with Crippen molar-refractivity contribution in [3.05, 3.63) is 29.8 Å². The number of aliphatic hydroxyl groups excluding tert-OH is 1. The predicted molar refractivity (Wildman–Crippen MR) is 75.7 cm³/mol. The van der Waals surface area contributed by atoms with Crippen LogP contribution in [0.5, 0.6) is 5.75 Å². The van der Waals surface area contributed by atoms with E-state index in [1.807, 2.05) is 36.1 Å². The Labute approximate surface area is 119 Å². The van der Waals surface area contributed by atoms with Gasteiger partial charge in [0.15, 0.2) is 0 Å². The Morgan fingerprint density at radius 3 is 2.90 bits per heavy atom. The first kappa shape index (κ1) is 13.4. The standard InChI is InChI=1S/C16H21NO3/c1-2-20-15-6-4-3-5-12(15)16(19)17-9-11-7-8-14(18)13(11)10-17/h3-6,11,13-14,18H,2,7-10H2,1H3. The highest BCUT2D eigenvalue weighted by molar-refractivity contribution is 5.97. The summed E-state index contributed by atoms with van der Waals surface area (Å²) in [5, 5.41) is 9.95. The summed E-state index contributed by atoms with van der Waals surface area (Å²) < 4.78 is 5.54. The molecule has 1 saturated heterocycles. The predicted octanol–water partition coefficient (Wildman–Crippen LogP) is 1.93. The summed E-state index contributed by atoms with van der Waals surface area (Å²) in [6.07, 6.45) is 1.68. The van der Waals surface area contributed by atoms with E-state index in [4.69, 9.17) is 4.74 Å². The van der Waals surface area contributed by atoms with Crippen LogP contribution in [0.25, 0.3) is 0 Å². The number of rotatable bonds is 3. The fourth-order valence-corrected chi connectivity index (χ4v) is 3.50. The molecule has 0 aromatic heterocycles. The first-order valence-electron chi connectivity index (χ1n) is 7.40. The van der Waals surface area contributed by atoms with Crippen LogP contribution < -0.4 is 4.74 Å². The Balaban J connectivity index is 1.77. The first-order valence-corrected chi connectivity index (χ1v) is 7.40. The van der Waals surface area contributed by atoms with Crippen molar-refractivity contribution >= 4 is 5.91 Å². The molecule has 4 nitrogen and oxygen atoms in total. The lowest BCUT2D eigenvalue weighted by Gasteiger charge is -2.20. The largest absolute Gasteiger partial charge is 0.493 e. The van der Waals surface area contributed by atoms with Gasteiger partial charge in [-0.05, 0) is 37.8 Å². The molecule has 20 heavy (non-hydrogen) atoms. The van der Waals surface area contributed by atoms with E-state index in [0.29, 0.717) is 30.4 Å². The number of hydrogen-bond donors (Lipinski definition) is 1. The highest BCUT2D eigenvalue weighted by Crippen LogP contribution is 2.38. The third-order valence-electron chi connectivity index (χ3n) is 4.52. The second kappa shape index (κ2) is 5.44. The Morgan fingerprint density at radius 1 is 1.35 bits per heavy atom. The number of carbonyl (C=O) groups is 1. The number of carbonyl (C=O) groups excluding carboxylic acids is 1. The van der Waals surface area contributed by atoms with Gasteiger partial charge in [0.1, 0.15) is 5.75 Å². The molecule has 1 aromatic rings. The molecule has 0 bridgehead atoms. The third-order valence-corrected chi connectivity index (χ3v) is 4.52. The zero-order chi connectivity index (χ0) is 14.1. The summed E-state index contributed by atoms with van der Waals surface area (Å²) in [6.45, 7) is 3.90. The van der Waals surface area contributed by atoms with Gasteiger partial charge in [-0.1, -0.05) is 12.1 Å². The zero-order valence-electron chi connectivity index (χ0n) is 11.8. The Kier molecular flexibility index (Phi) is 3.66. The maximum atomic E-state index is 12.6. The molecule has 3 unspecified atom stereocenters. The Bertz CT molecular complexity index is 502. The van der Waals surface area contributed by atoms with E-state index in [-0.39, 0.29) is 17.9 Å². The molecular weight excluding hydrogens is 254 g/mol. The summed E-state index contributed by atoms with van der Waals surface area (Å²) in [5.74, 6) is 1.40. The first-order chi connectivity index (χ1) is 9.70. The highest BCUT2D eigenvalue weighted by atomic mass is 16.5. The number of hydrogen-bond acceptors (Lipinski definition) is 3. The summed E-state index contributed by atoms with van der Waals surface area (Å²) in [6, 6.07) is 7.39. The van der Waals surface area contributed by atoms with Gasteiger partial charge in [-0.3, -0.25) is 4.79 Å². The number of nitrogens with zero attached hydrogens (tertiary/aromatic N) is 1. The fraction of sp³-hybridized carbons (Fsp3) is 0.562. The molecule has 4 heteroatoms. The number of amides is 1. The van der Waals surface area contributed by atoms with Crippen molar-refractivity contribution in [1.82, 2.24) is 4.90 Å². The topological polar surface area (TPSA) is 49.8 Å². The van der Waals surface area contributed by atoms with Crippen LogP contribution in [-0.4, -0.2) is 41.7 Å². The maximum Gasteiger partial charge on any atom is 0.257 e. The van der Waals surface area contributed by atoms with E-state index < -0.39 is 0 Å². The minimum absolute atomic E-state index is 0.0238. The van der Waals surface area contributed by atoms with E-state index >= 15 is 0 Å². The van der Waals surface area contributed by atoms with E-state index in [0.717, 1.165) is 19.4 Å². The lowest BCUT2D eigenvalue weighted by Crippen LogP contribution is -2.31. The van der Waals surface area contributed by atoms with E-state index in [1.54, 1.807) is 0 Å². The van der Waals surface area contributed by atoms with Crippen LogP contribution in [0.15, 0.2) is 24.3 Å². The quantitative estimate of drug-likeness (QED) is 0.917. The maximum absolute atomic E-state index is 12.6. The highest BCUT2D eigenvalue weighted by Gasteiger charge is 2.43. The van der Waals surface area contributed by atoms with Crippen LogP contribution in [0.3, 0.4) is 0 Å². The minimum atomic E-state index is -0.236. The summed E-state index contributed by atoms with van der Waals surface area (Å²) in [4.78, 5) is 14.5. The van der Waals surface area contributed by atoms with Gasteiger partial charge in [0.25, 0.3) is 5.91 Å².